The van der Waals surface area contributed by atoms with E-state index in [-0.39, 0.29) is 0 Å². The summed E-state index contributed by atoms with van der Waals surface area (Å²) in [5, 5.41) is 1.89. The van der Waals surface area contributed by atoms with Crippen LogP contribution in [0.15, 0.2) is 33.2 Å². The zero-order valence-electron chi connectivity index (χ0n) is 8.96. The van der Waals surface area contributed by atoms with Gasteiger partial charge in [0.15, 0.2) is 0 Å². The van der Waals surface area contributed by atoms with E-state index in [1.165, 1.54) is 7.11 Å². The van der Waals surface area contributed by atoms with Gasteiger partial charge in [-0.15, -0.1) is 0 Å². The van der Waals surface area contributed by atoms with Crippen LogP contribution in [0.5, 0.6) is 0 Å². The van der Waals surface area contributed by atoms with E-state index in [0.29, 0.717) is 11.3 Å². The molecule has 3 nitrogen and oxygen atoms in total. The first-order chi connectivity index (χ1) is 8.02. The molecule has 2 rings (SSSR count). The molecule has 88 valence electrons. The van der Waals surface area contributed by atoms with Gasteiger partial charge < -0.3 is 10.5 Å². The molecule has 2 aromatic rings. The molecule has 0 amide bonds. The predicted octanol–water partition coefficient (Wildman–Crippen LogP) is 3.73. The number of carbonyl (C=O) groups excluding carboxylic acids is 1. The molecule has 5 heteroatoms. The van der Waals surface area contributed by atoms with Gasteiger partial charge in [0.05, 0.1) is 12.7 Å². The van der Waals surface area contributed by atoms with Gasteiger partial charge in [-0.1, -0.05) is 0 Å². The quantitative estimate of drug-likeness (QED) is 0.624. The normalized spacial score (nSPS) is 10.5. The van der Waals surface area contributed by atoms with Gasteiger partial charge in [0, 0.05) is 14.6 Å². The lowest BCUT2D eigenvalue weighted by Gasteiger charge is -2.07. The van der Waals surface area contributed by atoms with E-state index in [2.05, 4.69) is 36.6 Å². The largest absolute Gasteiger partial charge is 0.465 e. The van der Waals surface area contributed by atoms with Gasteiger partial charge in [-0.3, -0.25) is 0 Å². The average molecular weight is 359 g/mol. The molecule has 0 radical (unpaired) electrons. The number of nitrogen functional groups attached to an aromatic ring is 1. The summed E-state index contributed by atoms with van der Waals surface area (Å²) >= 11 is 6.84. The molecule has 0 aliphatic heterocycles. The van der Waals surface area contributed by atoms with Crippen molar-refractivity contribution in [2.24, 2.45) is 0 Å². The molecule has 17 heavy (non-hydrogen) atoms. The maximum absolute atomic E-state index is 11.5. The minimum absolute atomic E-state index is 0.384. The van der Waals surface area contributed by atoms with E-state index in [1.54, 1.807) is 12.1 Å². The van der Waals surface area contributed by atoms with E-state index in [1.807, 2.05) is 12.1 Å². The number of carbonyl (C=O) groups is 1. The van der Waals surface area contributed by atoms with Gasteiger partial charge in [-0.25, -0.2) is 4.79 Å². The molecular weight excluding hydrogens is 350 g/mol. The smallest absolute Gasteiger partial charge is 0.339 e. The molecule has 0 aliphatic carbocycles. The molecular formula is C12H9Br2NO2. The summed E-state index contributed by atoms with van der Waals surface area (Å²) < 4.78 is 6.54. The number of fused-ring (bicyclic) bond motifs is 1. The number of benzene rings is 2. The summed E-state index contributed by atoms with van der Waals surface area (Å²) in [6.45, 7) is 0. The van der Waals surface area contributed by atoms with Crippen LogP contribution in [0.2, 0.25) is 0 Å². The third-order valence-corrected chi connectivity index (χ3v) is 4.30. The van der Waals surface area contributed by atoms with Crippen molar-refractivity contribution in [3.8, 4) is 0 Å². The second-order valence-electron chi connectivity index (χ2n) is 3.54. The van der Waals surface area contributed by atoms with Crippen molar-refractivity contribution >= 4 is 54.3 Å². The molecule has 0 atom stereocenters. The van der Waals surface area contributed by atoms with Crippen molar-refractivity contribution in [2.75, 3.05) is 12.8 Å². The highest BCUT2D eigenvalue weighted by Gasteiger charge is 2.12. The Bertz CT molecular complexity index is 611. The van der Waals surface area contributed by atoms with Gasteiger partial charge in [-0.2, -0.15) is 0 Å². The SMILES string of the molecule is COC(=O)c1cc2cc(Br)c(Br)cc2cc1N. The fourth-order valence-electron chi connectivity index (χ4n) is 1.60. The standard InChI is InChI=1S/C12H9Br2NO2/c1-17-12(16)8-2-6-3-9(13)10(14)4-7(6)5-11(8)15/h2-5H,15H2,1H3. The van der Waals surface area contributed by atoms with E-state index in [9.17, 15) is 4.79 Å². The minimum Gasteiger partial charge on any atom is -0.465 e. The highest BCUT2D eigenvalue weighted by molar-refractivity contribution is 9.13. The molecule has 0 fully saturated rings. The number of methoxy groups -OCH3 is 1. The fraction of sp³-hybridized carbons (Fsp3) is 0.0833. The zero-order valence-corrected chi connectivity index (χ0v) is 12.1. The lowest BCUT2D eigenvalue weighted by molar-refractivity contribution is 0.0602. The molecule has 0 saturated heterocycles. The minimum atomic E-state index is -0.427. The summed E-state index contributed by atoms with van der Waals surface area (Å²) in [7, 11) is 1.34. The Labute approximate surface area is 115 Å². The Morgan fingerprint density at radius 1 is 1.12 bits per heavy atom. The Kier molecular flexibility index (Phi) is 3.40. The van der Waals surface area contributed by atoms with Gasteiger partial charge >= 0.3 is 5.97 Å². The lowest BCUT2D eigenvalue weighted by Crippen LogP contribution is -2.05. The van der Waals surface area contributed by atoms with Crippen molar-refractivity contribution in [3.63, 3.8) is 0 Å². The van der Waals surface area contributed by atoms with Crippen LogP contribution in [0.25, 0.3) is 10.8 Å². The summed E-state index contributed by atoms with van der Waals surface area (Å²) in [4.78, 5) is 11.5. The average Bonchev–Trinajstić information content (AvgIpc) is 2.30. The van der Waals surface area contributed by atoms with Crippen molar-refractivity contribution < 1.29 is 9.53 Å². The fourth-order valence-corrected chi connectivity index (χ4v) is 2.32. The molecule has 0 aliphatic rings. The zero-order chi connectivity index (χ0) is 12.6. The molecule has 2 aromatic carbocycles. The van der Waals surface area contributed by atoms with Crippen LogP contribution in [0.3, 0.4) is 0 Å². The van der Waals surface area contributed by atoms with Gasteiger partial charge in [0.2, 0.25) is 0 Å². The van der Waals surface area contributed by atoms with Crippen molar-refractivity contribution in [2.45, 2.75) is 0 Å². The Hall–Kier alpha value is -1.07. The highest BCUT2D eigenvalue weighted by atomic mass is 79.9. The van der Waals surface area contributed by atoms with Gasteiger partial charge in [0.25, 0.3) is 0 Å². The summed E-state index contributed by atoms with van der Waals surface area (Å²) in [5.74, 6) is -0.427. The first kappa shape index (κ1) is 12.4. The Morgan fingerprint density at radius 2 is 1.65 bits per heavy atom. The molecule has 0 bridgehead atoms. The second-order valence-corrected chi connectivity index (χ2v) is 5.25. The van der Waals surface area contributed by atoms with Crippen LogP contribution in [0.4, 0.5) is 5.69 Å². The number of hydrogen-bond donors (Lipinski definition) is 1. The number of esters is 1. The molecule has 0 unspecified atom stereocenters. The van der Waals surface area contributed by atoms with E-state index >= 15 is 0 Å². The maximum Gasteiger partial charge on any atom is 0.339 e. The monoisotopic (exact) mass is 357 g/mol. The molecule has 2 N–H and O–H groups in total. The van der Waals surface area contributed by atoms with Crippen LogP contribution in [0.1, 0.15) is 10.4 Å². The lowest BCUT2D eigenvalue weighted by atomic mass is 10.1. The third-order valence-electron chi connectivity index (χ3n) is 2.45. The number of rotatable bonds is 1. The second kappa shape index (κ2) is 4.66. The number of nitrogens with two attached hydrogens (primary N) is 1. The van der Waals surface area contributed by atoms with E-state index in [4.69, 9.17) is 5.73 Å². The summed E-state index contributed by atoms with van der Waals surface area (Å²) in [5.41, 5.74) is 6.62. The highest BCUT2D eigenvalue weighted by Crippen LogP contribution is 2.31. The summed E-state index contributed by atoms with van der Waals surface area (Å²) in [6, 6.07) is 7.36. The Balaban J connectivity index is 2.71. The number of anilines is 1. The van der Waals surface area contributed by atoms with Crippen LogP contribution in [-0.4, -0.2) is 13.1 Å². The Morgan fingerprint density at radius 3 is 2.18 bits per heavy atom. The van der Waals surface area contributed by atoms with Crippen LogP contribution in [-0.2, 0) is 4.74 Å². The van der Waals surface area contributed by atoms with Crippen LogP contribution >= 0.6 is 31.9 Å². The molecule has 0 saturated carbocycles. The van der Waals surface area contributed by atoms with Crippen molar-refractivity contribution in [1.29, 1.82) is 0 Å². The van der Waals surface area contributed by atoms with E-state index in [0.717, 1.165) is 19.7 Å². The number of halogens is 2. The van der Waals surface area contributed by atoms with Crippen LogP contribution < -0.4 is 5.73 Å². The first-order valence-electron chi connectivity index (χ1n) is 4.79. The third kappa shape index (κ3) is 2.30. The number of ether oxygens (including phenoxy) is 1. The first-order valence-corrected chi connectivity index (χ1v) is 6.38. The molecule has 0 aromatic heterocycles. The molecule has 0 spiro atoms. The van der Waals surface area contributed by atoms with E-state index < -0.39 is 5.97 Å². The topological polar surface area (TPSA) is 52.3 Å². The molecule has 0 heterocycles. The van der Waals surface area contributed by atoms with Gasteiger partial charge in [-0.05, 0) is 66.9 Å². The van der Waals surface area contributed by atoms with Crippen molar-refractivity contribution in [3.05, 3.63) is 38.8 Å². The predicted molar refractivity (Wildman–Crippen MR) is 75.1 cm³/mol. The van der Waals surface area contributed by atoms with Gasteiger partial charge in [0.1, 0.15) is 0 Å². The summed E-state index contributed by atoms with van der Waals surface area (Å²) in [6.07, 6.45) is 0. The van der Waals surface area contributed by atoms with Crippen molar-refractivity contribution in [1.82, 2.24) is 0 Å². The maximum atomic E-state index is 11.5. The van der Waals surface area contributed by atoms with Crippen LogP contribution in [0, 0.1) is 0 Å². The number of hydrogen-bond acceptors (Lipinski definition) is 3.